The fourth-order valence-corrected chi connectivity index (χ4v) is 5.32. The highest BCUT2D eigenvalue weighted by atomic mass is 32.2. The SMILES string of the molecule is COc1ccccc1NS(=O)(=O)c1cc(NC(=O)COc2ccccc2)ccc1N1CCCCC1. The van der Waals surface area contributed by atoms with Gasteiger partial charge in [-0.05, 0) is 61.7 Å². The van der Waals surface area contributed by atoms with Gasteiger partial charge in [-0.3, -0.25) is 9.52 Å². The van der Waals surface area contributed by atoms with Crippen LogP contribution in [0.25, 0.3) is 0 Å². The number of benzene rings is 3. The van der Waals surface area contributed by atoms with Crippen LogP contribution >= 0.6 is 0 Å². The first-order chi connectivity index (χ1) is 17.0. The number of ether oxygens (including phenoxy) is 2. The van der Waals surface area contributed by atoms with Crippen LogP contribution in [0.3, 0.4) is 0 Å². The highest BCUT2D eigenvalue weighted by Gasteiger charge is 2.25. The highest BCUT2D eigenvalue weighted by Crippen LogP contribution is 2.33. The van der Waals surface area contributed by atoms with Gasteiger partial charge in [0.15, 0.2) is 6.61 Å². The van der Waals surface area contributed by atoms with Gasteiger partial charge in [0.1, 0.15) is 16.4 Å². The van der Waals surface area contributed by atoms with Crippen molar-refractivity contribution in [3.63, 3.8) is 0 Å². The van der Waals surface area contributed by atoms with Crippen LogP contribution < -0.4 is 24.4 Å². The zero-order chi connectivity index (χ0) is 24.7. The van der Waals surface area contributed by atoms with E-state index in [1.807, 2.05) is 18.2 Å². The Labute approximate surface area is 205 Å². The van der Waals surface area contributed by atoms with Gasteiger partial charge < -0.3 is 19.7 Å². The van der Waals surface area contributed by atoms with Crippen molar-refractivity contribution in [1.29, 1.82) is 0 Å². The largest absolute Gasteiger partial charge is 0.495 e. The Kier molecular flexibility index (Phi) is 7.77. The number of rotatable bonds is 9. The van der Waals surface area contributed by atoms with Crippen molar-refractivity contribution in [1.82, 2.24) is 0 Å². The van der Waals surface area contributed by atoms with Crippen molar-refractivity contribution in [2.75, 3.05) is 41.7 Å². The van der Waals surface area contributed by atoms with E-state index in [0.717, 1.165) is 32.4 Å². The van der Waals surface area contributed by atoms with E-state index in [-0.39, 0.29) is 17.4 Å². The third kappa shape index (κ3) is 6.24. The van der Waals surface area contributed by atoms with E-state index in [1.54, 1.807) is 48.5 Å². The maximum Gasteiger partial charge on any atom is 0.264 e. The average molecular weight is 496 g/mol. The lowest BCUT2D eigenvalue weighted by Crippen LogP contribution is -2.31. The maximum absolute atomic E-state index is 13.6. The lowest BCUT2D eigenvalue weighted by Gasteiger charge is -2.30. The Hall–Kier alpha value is -3.72. The third-order valence-electron chi connectivity index (χ3n) is 5.69. The van der Waals surface area contributed by atoms with Crippen LogP contribution in [-0.2, 0) is 14.8 Å². The normalized spacial score (nSPS) is 13.7. The quantitative estimate of drug-likeness (QED) is 0.454. The minimum absolute atomic E-state index is 0.0899. The standard InChI is InChI=1S/C26H29N3O5S/c1-33-24-13-7-6-12-22(24)28-35(31,32)25-18-20(14-15-23(25)29-16-8-3-9-17-29)27-26(30)19-34-21-10-4-2-5-11-21/h2,4-7,10-15,18,28H,3,8-9,16-17,19H2,1H3,(H,27,30). The molecule has 1 aliphatic rings. The molecule has 0 bridgehead atoms. The first-order valence-corrected chi connectivity index (χ1v) is 13.0. The van der Waals surface area contributed by atoms with Gasteiger partial charge in [0.25, 0.3) is 15.9 Å². The Morgan fingerprint density at radius 2 is 1.66 bits per heavy atom. The molecule has 184 valence electrons. The molecule has 0 radical (unpaired) electrons. The Morgan fingerprint density at radius 1 is 0.943 bits per heavy atom. The second-order valence-corrected chi connectivity index (χ2v) is 9.84. The van der Waals surface area contributed by atoms with Crippen molar-refractivity contribution in [3.8, 4) is 11.5 Å². The van der Waals surface area contributed by atoms with E-state index in [9.17, 15) is 13.2 Å². The molecule has 0 saturated carbocycles. The summed E-state index contributed by atoms with van der Waals surface area (Å²) in [6, 6.07) is 20.8. The third-order valence-corrected chi connectivity index (χ3v) is 7.09. The summed E-state index contributed by atoms with van der Waals surface area (Å²) in [6.45, 7) is 1.35. The fraction of sp³-hybridized carbons (Fsp3) is 0.269. The molecule has 4 rings (SSSR count). The second kappa shape index (κ2) is 11.1. The van der Waals surface area contributed by atoms with E-state index in [0.29, 0.717) is 28.6 Å². The zero-order valence-electron chi connectivity index (χ0n) is 19.6. The number of piperidine rings is 1. The number of amides is 1. The van der Waals surface area contributed by atoms with Crippen molar-refractivity contribution in [2.45, 2.75) is 24.2 Å². The van der Waals surface area contributed by atoms with E-state index in [1.165, 1.54) is 13.2 Å². The van der Waals surface area contributed by atoms with Gasteiger partial charge in [0, 0.05) is 18.8 Å². The molecule has 1 amide bonds. The smallest absolute Gasteiger partial charge is 0.264 e. The number of para-hydroxylation sites is 3. The van der Waals surface area contributed by atoms with Crippen molar-refractivity contribution in [2.24, 2.45) is 0 Å². The first kappa shape index (κ1) is 24.4. The van der Waals surface area contributed by atoms with Crippen LogP contribution in [0.15, 0.2) is 77.7 Å². The Morgan fingerprint density at radius 3 is 2.40 bits per heavy atom. The number of methoxy groups -OCH3 is 1. The summed E-state index contributed by atoms with van der Waals surface area (Å²) < 4.78 is 40.5. The molecule has 0 aliphatic carbocycles. The number of hydrogen-bond acceptors (Lipinski definition) is 6. The molecule has 3 aromatic carbocycles. The van der Waals surface area contributed by atoms with Crippen LogP contribution in [0.1, 0.15) is 19.3 Å². The van der Waals surface area contributed by atoms with Gasteiger partial charge in [-0.25, -0.2) is 8.42 Å². The van der Waals surface area contributed by atoms with Crippen molar-refractivity contribution < 1.29 is 22.7 Å². The summed E-state index contributed by atoms with van der Waals surface area (Å²) >= 11 is 0. The summed E-state index contributed by atoms with van der Waals surface area (Å²) in [5.41, 5.74) is 1.31. The molecule has 2 N–H and O–H groups in total. The van der Waals surface area contributed by atoms with Crippen molar-refractivity contribution >= 4 is 33.0 Å². The number of carbonyl (C=O) groups is 1. The minimum atomic E-state index is -3.99. The van der Waals surface area contributed by atoms with Gasteiger partial charge in [0.05, 0.1) is 18.5 Å². The number of hydrogen-bond donors (Lipinski definition) is 2. The Balaban J connectivity index is 1.60. The van der Waals surface area contributed by atoms with Crippen LogP contribution in [-0.4, -0.2) is 41.1 Å². The molecule has 1 heterocycles. The molecule has 1 aliphatic heterocycles. The summed E-state index contributed by atoms with van der Waals surface area (Å²) in [7, 11) is -2.51. The van der Waals surface area contributed by atoms with E-state index in [2.05, 4.69) is 14.9 Å². The van der Waals surface area contributed by atoms with E-state index < -0.39 is 10.0 Å². The van der Waals surface area contributed by atoms with Gasteiger partial charge in [-0.15, -0.1) is 0 Å². The van der Waals surface area contributed by atoms with Crippen LogP contribution in [0.4, 0.5) is 17.1 Å². The number of nitrogens with one attached hydrogen (secondary N) is 2. The number of nitrogens with zero attached hydrogens (tertiary/aromatic N) is 1. The molecule has 8 nitrogen and oxygen atoms in total. The topological polar surface area (TPSA) is 97.0 Å². The predicted molar refractivity (Wildman–Crippen MR) is 137 cm³/mol. The van der Waals surface area contributed by atoms with Gasteiger partial charge in [-0.1, -0.05) is 30.3 Å². The molecular weight excluding hydrogens is 466 g/mol. The lowest BCUT2D eigenvalue weighted by atomic mass is 10.1. The number of anilines is 3. The van der Waals surface area contributed by atoms with Crippen LogP contribution in [0.5, 0.6) is 11.5 Å². The van der Waals surface area contributed by atoms with Gasteiger partial charge >= 0.3 is 0 Å². The summed E-state index contributed by atoms with van der Waals surface area (Å²) in [5.74, 6) is 0.603. The second-order valence-electron chi connectivity index (χ2n) is 8.19. The molecule has 1 fully saturated rings. The lowest BCUT2D eigenvalue weighted by molar-refractivity contribution is -0.118. The number of carbonyl (C=O) groups excluding carboxylic acids is 1. The summed E-state index contributed by atoms with van der Waals surface area (Å²) in [5, 5.41) is 2.74. The summed E-state index contributed by atoms with van der Waals surface area (Å²) in [6.07, 6.45) is 3.11. The summed E-state index contributed by atoms with van der Waals surface area (Å²) in [4.78, 5) is 14.6. The number of sulfonamides is 1. The molecule has 35 heavy (non-hydrogen) atoms. The fourth-order valence-electron chi connectivity index (χ4n) is 3.99. The van der Waals surface area contributed by atoms with Gasteiger partial charge in [-0.2, -0.15) is 0 Å². The monoisotopic (exact) mass is 495 g/mol. The average Bonchev–Trinajstić information content (AvgIpc) is 2.89. The molecular formula is C26H29N3O5S. The van der Waals surface area contributed by atoms with Crippen molar-refractivity contribution in [3.05, 3.63) is 72.8 Å². The molecule has 0 spiro atoms. The molecule has 9 heteroatoms. The van der Waals surface area contributed by atoms with E-state index in [4.69, 9.17) is 9.47 Å². The zero-order valence-corrected chi connectivity index (χ0v) is 20.4. The molecule has 1 saturated heterocycles. The highest BCUT2D eigenvalue weighted by molar-refractivity contribution is 7.93. The van der Waals surface area contributed by atoms with Crippen LogP contribution in [0, 0.1) is 0 Å². The molecule has 3 aromatic rings. The van der Waals surface area contributed by atoms with E-state index >= 15 is 0 Å². The first-order valence-electron chi connectivity index (χ1n) is 11.5. The Bertz CT molecular complexity index is 1260. The molecule has 0 unspecified atom stereocenters. The minimum Gasteiger partial charge on any atom is -0.495 e. The molecule has 0 atom stereocenters. The van der Waals surface area contributed by atoms with Crippen LogP contribution in [0.2, 0.25) is 0 Å². The predicted octanol–water partition coefficient (Wildman–Crippen LogP) is 4.50. The van der Waals surface area contributed by atoms with Gasteiger partial charge in [0.2, 0.25) is 0 Å². The maximum atomic E-state index is 13.6. The molecule has 0 aromatic heterocycles.